The number of hydrogen-bond donors (Lipinski definition) is 1. The Kier molecular flexibility index (Phi) is 4.15. The molecule has 7 heteroatoms. The number of aromatic nitrogens is 4. The van der Waals surface area contributed by atoms with Crippen LogP contribution < -0.4 is 10.1 Å². The molecule has 0 radical (unpaired) electrons. The zero-order valence-corrected chi connectivity index (χ0v) is 12.5. The second-order valence-corrected chi connectivity index (χ2v) is 4.68. The normalized spacial score (nSPS) is 10.8. The highest BCUT2D eigenvalue weighted by Gasteiger charge is 2.10. The zero-order valence-electron chi connectivity index (χ0n) is 12.5. The second-order valence-electron chi connectivity index (χ2n) is 4.68. The first-order valence-electron chi connectivity index (χ1n) is 6.87. The maximum Gasteiger partial charge on any atom is 0.165 e. The fourth-order valence-electron chi connectivity index (χ4n) is 2.16. The minimum absolute atomic E-state index is 0.605. The average Bonchev–Trinajstić information content (AvgIpc) is 2.97. The monoisotopic (exact) mass is 299 g/mol. The molecule has 22 heavy (non-hydrogen) atoms. The minimum Gasteiger partial charge on any atom is -0.497 e. The molecule has 0 unspecified atom stereocenters. The van der Waals surface area contributed by atoms with Crippen molar-refractivity contribution in [3.05, 3.63) is 36.9 Å². The first-order valence-corrected chi connectivity index (χ1v) is 6.87. The summed E-state index contributed by atoms with van der Waals surface area (Å²) in [6, 6.07) is 7.64. The summed E-state index contributed by atoms with van der Waals surface area (Å²) in [6.07, 6.45) is 3.27. The van der Waals surface area contributed by atoms with Crippen molar-refractivity contribution in [2.75, 3.05) is 26.1 Å². The Morgan fingerprint density at radius 1 is 1.18 bits per heavy atom. The summed E-state index contributed by atoms with van der Waals surface area (Å²) in [5, 5.41) is 3.25. The molecule has 0 atom stereocenters. The van der Waals surface area contributed by atoms with Gasteiger partial charge in [-0.25, -0.2) is 15.0 Å². The van der Waals surface area contributed by atoms with Gasteiger partial charge in [-0.1, -0.05) is 6.07 Å². The highest BCUT2D eigenvalue weighted by atomic mass is 16.5. The molecule has 0 spiro atoms. The molecule has 1 N–H and O–H groups in total. The first-order chi connectivity index (χ1) is 10.8. The van der Waals surface area contributed by atoms with Gasteiger partial charge in [0.15, 0.2) is 17.0 Å². The Hall–Kier alpha value is -2.67. The van der Waals surface area contributed by atoms with Crippen LogP contribution in [0.3, 0.4) is 0 Å². The number of methoxy groups -OCH3 is 2. The maximum atomic E-state index is 5.22. The molecule has 0 aliphatic carbocycles. The van der Waals surface area contributed by atoms with Crippen LogP contribution in [0.5, 0.6) is 5.75 Å². The Balaban J connectivity index is 1.92. The molecule has 7 nitrogen and oxygen atoms in total. The third kappa shape index (κ3) is 2.84. The number of benzene rings is 1. The fraction of sp³-hybridized carbons (Fsp3) is 0.267. The highest BCUT2D eigenvalue weighted by molar-refractivity contribution is 5.85. The van der Waals surface area contributed by atoms with Crippen molar-refractivity contribution in [3.63, 3.8) is 0 Å². The average molecular weight is 299 g/mol. The Morgan fingerprint density at radius 3 is 2.91 bits per heavy atom. The van der Waals surface area contributed by atoms with Crippen LogP contribution in [0, 0.1) is 0 Å². The SMILES string of the molecule is COCCn1cnc2c(Nc3cccc(OC)c3)ncnc21. The van der Waals surface area contributed by atoms with Crippen LogP contribution in [-0.4, -0.2) is 40.3 Å². The van der Waals surface area contributed by atoms with E-state index in [0.29, 0.717) is 19.0 Å². The van der Waals surface area contributed by atoms with Crippen LogP contribution in [-0.2, 0) is 11.3 Å². The number of nitrogens with zero attached hydrogens (tertiary/aromatic N) is 4. The molecule has 0 aliphatic rings. The molecule has 1 aromatic carbocycles. The van der Waals surface area contributed by atoms with Crippen molar-refractivity contribution >= 4 is 22.7 Å². The first kappa shape index (κ1) is 14.3. The summed E-state index contributed by atoms with van der Waals surface area (Å²) in [5.74, 6) is 1.44. The number of nitrogens with one attached hydrogen (secondary N) is 1. The van der Waals surface area contributed by atoms with Crippen molar-refractivity contribution in [2.24, 2.45) is 0 Å². The Bertz CT molecular complexity index is 771. The molecule has 3 aromatic rings. The van der Waals surface area contributed by atoms with E-state index in [0.717, 1.165) is 22.6 Å². The van der Waals surface area contributed by atoms with E-state index in [-0.39, 0.29) is 0 Å². The molecular weight excluding hydrogens is 282 g/mol. The van der Waals surface area contributed by atoms with Gasteiger partial charge in [-0.2, -0.15) is 0 Å². The second kappa shape index (κ2) is 6.40. The van der Waals surface area contributed by atoms with E-state index < -0.39 is 0 Å². The van der Waals surface area contributed by atoms with E-state index in [1.54, 1.807) is 20.5 Å². The smallest absolute Gasteiger partial charge is 0.165 e. The van der Waals surface area contributed by atoms with Gasteiger partial charge < -0.3 is 19.4 Å². The van der Waals surface area contributed by atoms with Gasteiger partial charge in [-0.05, 0) is 12.1 Å². The molecule has 0 saturated carbocycles. The standard InChI is InChI=1S/C15H17N5O2/c1-21-7-6-20-10-18-13-14(16-9-17-15(13)20)19-11-4-3-5-12(8-11)22-2/h3-5,8-10H,6-7H2,1-2H3,(H,16,17,19). The lowest BCUT2D eigenvalue weighted by molar-refractivity contribution is 0.188. The number of hydrogen-bond acceptors (Lipinski definition) is 6. The number of rotatable bonds is 6. The maximum absolute atomic E-state index is 5.22. The predicted octanol–water partition coefficient (Wildman–Crippen LogP) is 2.22. The number of imidazole rings is 1. The highest BCUT2D eigenvalue weighted by Crippen LogP contribution is 2.24. The summed E-state index contributed by atoms with van der Waals surface area (Å²) < 4.78 is 12.3. The molecule has 2 heterocycles. The summed E-state index contributed by atoms with van der Waals surface area (Å²) in [4.78, 5) is 13.0. The van der Waals surface area contributed by atoms with Crippen molar-refractivity contribution in [2.45, 2.75) is 6.54 Å². The van der Waals surface area contributed by atoms with Gasteiger partial charge in [0.1, 0.15) is 12.1 Å². The predicted molar refractivity (Wildman–Crippen MR) is 83.5 cm³/mol. The van der Waals surface area contributed by atoms with Crippen LogP contribution in [0.15, 0.2) is 36.9 Å². The van der Waals surface area contributed by atoms with Gasteiger partial charge in [0.2, 0.25) is 0 Å². The molecule has 0 amide bonds. The topological polar surface area (TPSA) is 74.1 Å². The van der Waals surface area contributed by atoms with Gasteiger partial charge in [0.05, 0.1) is 20.0 Å². The third-order valence-corrected chi connectivity index (χ3v) is 3.27. The van der Waals surface area contributed by atoms with E-state index in [1.165, 1.54) is 6.33 Å². The van der Waals surface area contributed by atoms with Crippen LogP contribution in [0.2, 0.25) is 0 Å². The lowest BCUT2D eigenvalue weighted by Gasteiger charge is -2.08. The van der Waals surface area contributed by atoms with E-state index in [2.05, 4.69) is 20.3 Å². The van der Waals surface area contributed by atoms with Gasteiger partial charge in [0, 0.05) is 25.4 Å². The van der Waals surface area contributed by atoms with Gasteiger partial charge in [-0.3, -0.25) is 0 Å². The van der Waals surface area contributed by atoms with Crippen LogP contribution in [0.25, 0.3) is 11.2 Å². The number of fused-ring (bicyclic) bond motifs is 1. The van der Waals surface area contributed by atoms with E-state index in [9.17, 15) is 0 Å². The summed E-state index contributed by atoms with van der Waals surface area (Å²) in [5.41, 5.74) is 2.38. The van der Waals surface area contributed by atoms with Gasteiger partial charge in [-0.15, -0.1) is 0 Å². The van der Waals surface area contributed by atoms with Crippen LogP contribution >= 0.6 is 0 Å². The molecule has 2 aromatic heterocycles. The molecule has 0 saturated heterocycles. The van der Waals surface area contributed by atoms with E-state index in [4.69, 9.17) is 9.47 Å². The molecule has 114 valence electrons. The molecule has 0 aliphatic heterocycles. The molecule has 0 fully saturated rings. The summed E-state index contributed by atoms with van der Waals surface area (Å²) >= 11 is 0. The lowest BCUT2D eigenvalue weighted by atomic mass is 10.3. The van der Waals surface area contributed by atoms with Crippen LogP contribution in [0.4, 0.5) is 11.5 Å². The molecule has 3 rings (SSSR count). The van der Waals surface area contributed by atoms with E-state index >= 15 is 0 Å². The van der Waals surface area contributed by atoms with Crippen molar-refractivity contribution in [3.8, 4) is 5.75 Å². The molecule has 0 bridgehead atoms. The van der Waals surface area contributed by atoms with Gasteiger partial charge in [0.25, 0.3) is 0 Å². The van der Waals surface area contributed by atoms with Crippen molar-refractivity contribution in [1.29, 1.82) is 0 Å². The van der Waals surface area contributed by atoms with E-state index in [1.807, 2.05) is 28.8 Å². The number of anilines is 2. The fourth-order valence-corrected chi connectivity index (χ4v) is 2.16. The lowest BCUT2D eigenvalue weighted by Crippen LogP contribution is -2.04. The van der Waals surface area contributed by atoms with Crippen molar-refractivity contribution in [1.82, 2.24) is 19.5 Å². The summed E-state index contributed by atoms with van der Waals surface area (Å²) in [7, 11) is 3.31. The Morgan fingerprint density at radius 2 is 2.09 bits per heavy atom. The Labute approximate surface area is 127 Å². The number of ether oxygens (including phenoxy) is 2. The van der Waals surface area contributed by atoms with Crippen molar-refractivity contribution < 1.29 is 9.47 Å². The van der Waals surface area contributed by atoms with Crippen LogP contribution in [0.1, 0.15) is 0 Å². The minimum atomic E-state index is 0.605. The largest absolute Gasteiger partial charge is 0.497 e. The third-order valence-electron chi connectivity index (χ3n) is 3.27. The molecular formula is C15H17N5O2. The summed E-state index contributed by atoms with van der Waals surface area (Å²) in [6.45, 7) is 1.30. The van der Waals surface area contributed by atoms with Gasteiger partial charge >= 0.3 is 0 Å². The zero-order chi connectivity index (χ0) is 15.4. The quantitative estimate of drug-likeness (QED) is 0.752.